The largest absolute Gasteiger partial charge is 1.00 e. The summed E-state index contributed by atoms with van der Waals surface area (Å²) >= 11 is 0. The van der Waals surface area contributed by atoms with Crippen molar-refractivity contribution in [3.63, 3.8) is 0 Å². The topological polar surface area (TPSA) is 6.48 Å². The zero-order chi connectivity index (χ0) is 13.4. The number of nitrogens with zero attached hydrogens (tertiary/aromatic N) is 4. The van der Waals surface area contributed by atoms with E-state index in [0.29, 0.717) is 0 Å². The molecule has 3 rings (SSSR count). The van der Waals surface area contributed by atoms with Crippen LogP contribution in [-0.4, -0.2) is 98.6 Å². The van der Waals surface area contributed by atoms with E-state index in [1.54, 1.807) is 0 Å². The van der Waals surface area contributed by atoms with Crippen LogP contribution >= 0.6 is 0 Å². The summed E-state index contributed by atoms with van der Waals surface area (Å²) in [5.74, 6) is 0. The van der Waals surface area contributed by atoms with Crippen LogP contribution in [0.4, 0.5) is 0 Å². The van der Waals surface area contributed by atoms with Gasteiger partial charge in [0.05, 0.1) is 12.7 Å². The molecular formula is C14H32N4Ru2+4. The second-order valence-corrected chi connectivity index (χ2v) is 7.21. The molecule has 6 heteroatoms. The van der Waals surface area contributed by atoms with Crippen molar-refractivity contribution in [2.24, 2.45) is 0 Å². The minimum absolute atomic E-state index is 0. The average Bonchev–Trinajstić information content (AvgIpc) is 2.29. The molecule has 3 aliphatic rings. The molecule has 0 aromatic rings. The molecule has 4 nitrogen and oxygen atoms in total. The minimum Gasteiger partial charge on any atom is -0.308 e. The van der Waals surface area contributed by atoms with E-state index in [1.165, 1.54) is 54.9 Å². The fourth-order valence-electron chi connectivity index (χ4n) is 3.93. The number of hydrogen-bond donors (Lipinski definition) is 0. The van der Waals surface area contributed by atoms with E-state index in [9.17, 15) is 0 Å². The molecular weight excluding hydrogens is 426 g/mol. The van der Waals surface area contributed by atoms with Crippen LogP contribution < -0.4 is 0 Å². The molecule has 0 N–H and O–H groups in total. The molecule has 3 fully saturated rings. The van der Waals surface area contributed by atoms with Crippen LogP contribution in [0.1, 0.15) is 13.8 Å². The molecule has 120 valence electrons. The molecule has 0 amide bonds. The first-order valence-corrected chi connectivity index (χ1v) is 7.42. The van der Waals surface area contributed by atoms with Crippen molar-refractivity contribution in [1.29, 1.82) is 0 Å². The van der Waals surface area contributed by atoms with Gasteiger partial charge in [0, 0.05) is 0 Å². The maximum Gasteiger partial charge on any atom is 1.00 e. The fourth-order valence-corrected chi connectivity index (χ4v) is 3.93. The Kier molecular flexibility index (Phi) is 8.52. The third-order valence-corrected chi connectivity index (χ3v) is 5.22. The van der Waals surface area contributed by atoms with Crippen molar-refractivity contribution in [1.82, 2.24) is 9.80 Å². The Labute approximate surface area is 151 Å². The predicted molar refractivity (Wildman–Crippen MR) is 76.0 cm³/mol. The first-order chi connectivity index (χ1) is 8.38. The second-order valence-electron chi connectivity index (χ2n) is 7.21. The Bertz CT molecular complexity index is 272. The van der Waals surface area contributed by atoms with Crippen LogP contribution in [0.3, 0.4) is 0 Å². The summed E-state index contributed by atoms with van der Waals surface area (Å²) in [6, 6.07) is 0.812. The fraction of sp³-hybridized carbons (Fsp3) is 1.00. The van der Waals surface area contributed by atoms with Gasteiger partial charge in [0.15, 0.2) is 0 Å². The Hall–Kier alpha value is 1.09. The van der Waals surface area contributed by atoms with Crippen LogP contribution in [0.15, 0.2) is 0 Å². The quantitative estimate of drug-likeness (QED) is 0.336. The van der Waals surface area contributed by atoms with Gasteiger partial charge in [0.25, 0.3) is 0 Å². The maximum absolute atomic E-state index is 2.49. The SMILES string of the molecule is CC(C)[N+]12CC[N+](CN(C)CN(C)C)(CC1)CC2.[Ru+].[Ru+]. The molecule has 0 aromatic heterocycles. The van der Waals surface area contributed by atoms with Crippen LogP contribution in [-0.2, 0) is 39.0 Å². The molecule has 3 saturated heterocycles. The van der Waals surface area contributed by atoms with E-state index >= 15 is 0 Å². The standard InChI is InChI=1S/C14H32N4.2Ru/c1-14(2)18-9-6-17(7-10-18,8-11-18)13-16(5)12-15(3)4;;/h14H,6-13H2,1-5H3;;/q+2;2*+1. The number of piperazine rings is 3. The van der Waals surface area contributed by atoms with Gasteiger partial charge in [-0.2, -0.15) is 0 Å². The van der Waals surface area contributed by atoms with E-state index in [0.717, 1.165) is 12.7 Å². The van der Waals surface area contributed by atoms with Gasteiger partial charge in [-0.15, -0.1) is 0 Å². The summed E-state index contributed by atoms with van der Waals surface area (Å²) in [4.78, 5) is 4.75. The first kappa shape index (κ1) is 21.1. The summed E-state index contributed by atoms with van der Waals surface area (Å²) in [6.07, 6.45) is 0. The van der Waals surface area contributed by atoms with Crippen LogP contribution in [0.25, 0.3) is 0 Å². The van der Waals surface area contributed by atoms with Gasteiger partial charge in [-0.3, -0.25) is 9.38 Å². The molecule has 0 unspecified atom stereocenters. The monoisotopic (exact) mass is 460 g/mol. The smallest absolute Gasteiger partial charge is 0.308 e. The van der Waals surface area contributed by atoms with Gasteiger partial charge in [-0.25, -0.2) is 4.90 Å². The minimum atomic E-state index is 0. The van der Waals surface area contributed by atoms with Crippen molar-refractivity contribution < 1.29 is 47.9 Å². The predicted octanol–water partition coefficient (Wildman–Crippen LogP) is 0.459. The van der Waals surface area contributed by atoms with Crippen molar-refractivity contribution >= 4 is 0 Å². The summed E-state index contributed by atoms with van der Waals surface area (Å²) < 4.78 is 2.73. The molecule has 2 radical (unpaired) electrons. The Balaban J connectivity index is 0.00000180. The van der Waals surface area contributed by atoms with E-state index in [-0.39, 0.29) is 39.0 Å². The molecule has 0 spiro atoms. The molecule has 3 heterocycles. The molecule has 2 bridgehead atoms. The number of hydrogen-bond acceptors (Lipinski definition) is 2. The first-order valence-electron chi connectivity index (χ1n) is 7.42. The number of rotatable bonds is 5. The van der Waals surface area contributed by atoms with Crippen LogP contribution in [0.5, 0.6) is 0 Å². The van der Waals surface area contributed by atoms with Gasteiger partial charge in [0.1, 0.15) is 45.9 Å². The van der Waals surface area contributed by atoms with Crippen molar-refractivity contribution in [3.05, 3.63) is 0 Å². The number of fused-ring (bicyclic) bond motifs is 3. The Morgan fingerprint density at radius 1 is 0.850 bits per heavy atom. The number of quaternary nitrogens is 2. The molecule has 0 atom stereocenters. The van der Waals surface area contributed by atoms with Gasteiger partial charge in [-0.05, 0) is 35.0 Å². The summed E-state index contributed by atoms with van der Waals surface area (Å²) in [5, 5.41) is 0. The Morgan fingerprint density at radius 3 is 1.65 bits per heavy atom. The molecule has 0 saturated carbocycles. The van der Waals surface area contributed by atoms with Crippen LogP contribution in [0, 0.1) is 0 Å². The molecule has 20 heavy (non-hydrogen) atoms. The van der Waals surface area contributed by atoms with Gasteiger partial charge >= 0.3 is 39.0 Å². The van der Waals surface area contributed by atoms with Crippen LogP contribution in [0.2, 0.25) is 0 Å². The van der Waals surface area contributed by atoms with E-state index in [2.05, 4.69) is 44.8 Å². The molecule has 0 aliphatic carbocycles. The van der Waals surface area contributed by atoms with E-state index in [4.69, 9.17) is 0 Å². The summed E-state index contributed by atoms with van der Waals surface area (Å²) in [5.41, 5.74) is 0. The zero-order valence-corrected chi connectivity index (χ0v) is 17.2. The van der Waals surface area contributed by atoms with Gasteiger partial charge < -0.3 is 4.48 Å². The average molecular weight is 459 g/mol. The summed E-state index contributed by atoms with van der Waals surface area (Å²) in [6.45, 7) is 15.5. The van der Waals surface area contributed by atoms with Crippen molar-refractivity contribution in [3.8, 4) is 0 Å². The third kappa shape index (κ3) is 4.54. The van der Waals surface area contributed by atoms with E-state index in [1.807, 2.05) is 0 Å². The van der Waals surface area contributed by atoms with E-state index < -0.39 is 0 Å². The van der Waals surface area contributed by atoms with Gasteiger partial charge in [0.2, 0.25) is 0 Å². The van der Waals surface area contributed by atoms with Gasteiger partial charge in [-0.1, -0.05) is 0 Å². The zero-order valence-electron chi connectivity index (χ0n) is 13.7. The molecule has 3 aliphatic heterocycles. The third-order valence-electron chi connectivity index (χ3n) is 5.22. The van der Waals surface area contributed by atoms with Crippen molar-refractivity contribution in [2.75, 3.05) is 73.7 Å². The Morgan fingerprint density at radius 2 is 1.30 bits per heavy atom. The van der Waals surface area contributed by atoms with Crippen molar-refractivity contribution in [2.45, 2.75) is 19.9 Å². The maximum atomic E-state index is 2.49. The molecule has 0 aromatic carbocycles. The summed E-state index contributed by atoms with van der Waals surface area (Å²) in [7, 11) is 6.58. The normalized spacial score (nSPS) is 32.4. The second kappa shape index (κ2) is 8.08.